The summed E-state index contributed by atoms with van der Waals surface area (Å²) in [6.07, 6.45) is 3.34. The highest BCUT2D eigenvalue weighted by Crippen LogP contribution is 2.24. The lowest BCUT2D eigenvalue weighted by molar-refractivity contribution is -0.141. The van der Waals surface area contributed by atoms with Gasteiger partial charge in [0.2, 0.25) is 11.8 Å². The van der Waals surface area contributed by atoms with E-state index in [4.69, 9.17) is 0 Å². The Hall–Kier alpha value is -0.710. The van der Waals surface area contributed by atoms with Crippen LogP contribution in [0.25, 0.3) is 0 Å². The largest absolute Gasteiger partial charge is 0.343 e. The molecule has 0 aromatic rings. The van der Waals surface area contributed by atoms with Gasteiger partial charge in [-0.1, -0.05) is 0 Å². The first-order valence-corrected chi connectivity index (χ1v) is 7.44. The number of nitrogens with one attached hydrogen (secondary N) is 1. The van der Waals surface area contributed by atoms with Gasteiger partial charge in [0.25, 0.3) is 0 Å². The lowest BCUT2D eigenvalue weighted by Crippen LogP contribution is -2.58. The number of thioether (sulfide) groups is 1. The zero-order chi connectivity index (χ0) is 12.4. The number of likely N-dealkylation sites (tertiary alicyclic amines) is 1. The summed E-state index contributed by atoms with van der Waals surface area (Å²) in [5.41, 5.74) is 0. The number of amides is 2. The highest BCUT2D eigenvalue weighted by molar-refractivity contribution is 8.00. The van der Waals surface area contributed by atoms with Crippen LogP contribution in [0.2, 0.25) is 0 Å². The number of nitrogens with zero attached hydrogens (tertiary/aromatic N) is 1. The van der Waals surface area contributed by atoms with E-state index in [1.54, 1.807) is 11.8 Å². The van der Waals surface area contributed by atoms with Gasteiger partial charge in [-0.3, -0.25) is 9.59 Å². The van der Waals surface area contributed by atoms with Gasteiger partial charge in [-0.05, 0) is 33.1 Å². The molecule has 1 N–H and O–H groups in total. The fraction of sp³-hybridized carbons (Fsp3) is 0.833. The fourth-order valence-corrected chi connectivity index (χ4v) is 3.56. The summed E-state index contributed by atoms with van der Waals surface area (Å²) in [5.74, 6) is 1.28. The zero-order valence-corrected chi connectivity index (χ0v) is 11.3. The Kier molecular flexibility index (Phi) is 3.97. The maximum absolute atomic E-state index is 12.4. The smallest absolute Gasteiger partial charge is 0.246 e. The molecule has 3 atom stereocenters. The molecule has 0 aliphatic carbocycles. The minimum atomic E-state index is -0.316. The van der Waals surface area contributed by atoms with Gasteiger partial charge in [0.15, 0.2) is 0 Å². The summed E-state index contributed by atoms with van der Waals surface area (Å²) in [5, 5.41) is 2.80. The van der Waals surface area contributed by atoms with Crippen molar-refractivity contribution in [1.29, 1.82) is 0 Å². The van der Waals surface area contributed by atoms with E-state index in [2.05, 4.69) is 19.2 Å². The Morgan fingerprint density at radius 3 is 2.59 bits per heavy atom. The van der Waals surface area contributed by atoms with E-state index in [9.17, 15) is 9.59 Å². The molecule has 4 nitrogen and oxygen atoms in total. The van der Waals surface area contributed by atoms with Crippen LogP contribution >= 0.6 is 11.8 Å². The van der Waals surface area contributed by atoms with E-state index in [0.29, 0.717) is 23.6 Å². The van der Waals surface area contributed by atoms with E-state index in [1.807, 2.05) is 4.90 Å². The van der Waals surface area contributed by atoms with Gasteiger partial charge >= 0.3 is 0 Å². The molecule has 3 unspecified atom stereocenters. The molecule has 17 heavy (non-hydrogen) atoms. The first-order valence-electron chi connectivity index (χ1n) is 6.29. The Balaban J connectivity index is 2.04. The van der Waals surface area contributed by atoms with Crippen molar-refractivity contribution >= 4 is 23.6 Å². The predicted octanol–water partition coefficient (Wildman–Crippen LogP) is 1.01. The average molecular weight is 256 g/mol. The van der Waals surface area contributed by atoms with Crippen LogP contribution in [0.3, 0.4) is 0 Å². The molecule has 2 heterocycles. The second-order valence-electron chi connectivity index (χ2n) is 5.01. The molecule has 2 aliphatic heterocycles. The summed E-state index contributed by atoms with van der Waals surface area (Å²) < 4.78 is 0. The molecule has 2 fully saturated rings. The SMILES string of the molecule is CC1CCCC(C)N1C(=O)C1CSCC(=O)N1. The lowest BCUT2D eigenvalue weighted by Gasteiger charge is -2.41. The molecule has 0 aromatic carbocycles. The van der Waals surface area contributed by atoms with Gasteiger partial charge in [0.05, 0.1) is 5.75 Å². The standard InChI is InChI=1S/C12H20N2O2S/c1-8-4-3-5-9(2)14(8)12(16)10-6-17-7-11(15)13-10/h8-10H,3-7H2,1-2H3,(H,13,15). The summed E-state index contributed by atoms with van der Waals surface area (Å²) in [6, 6.07) is 0.286. The van der Waals surface area contributed by atoms with E-state index in [0.717, 1.165) is 12.8 Å². The van der Waals surface area contributed by atoms with E-state index < -0.39 is 0 Å². The van der Waals surface area contributed by atoms with Crippen LogP contribution in [-0.4, -0.2) is 46.3 Å². The van der Waals surface area contributed by atoms with Crippen LogP contribution in [0.1, 0.15) is 33.1 Å². The van der Waals surface area contributed by atoms with Gasteiger partial charge < -0.3 is 10.2 Å². The molecule has 5 heteroatoms. The van der Waals surface area contributed by atoms with Crippen molar-refractivity contribution in [3.05, 3.63) is 0 Å². The first kappa shape index (κ1) is 12.7. The number of carbonyl (C=O) groups excluding carboxylic acids is 2. The van der Waals surface area contributed by atoms with Crippen LogP contribution in [0.15, 0.2) is 0 Å². The number of hydrogen-bond donors (Lipinski definition) is 1. The molecule has 0 bridgehead atoms. The lowest BCUT2D eigenvalue weighted by atomic mass is 9.96. The van der Waals surface area contributed by atoms with Crippen molar-refractivity contribution in [1.82, 2.24) is 10.2 Å². The maximum atomic E-state index is 12.4. The number of carbonyl (C=O) groups is 2. The van der Waals surface area contributed by atoms with Crippen molar-refractivity contribution in [2.75, 3.05) is 11.5 Å². The van der Waals surface area contributed by atoms with E-state index >= 15 is 0 Å². The molecular formula is C12H20N2O2S. The molecule has 0 spiro atoms. The second kappa shape index (κ2) is 5.29. The summed E-state index contributed by atoms with van der Waals surface area (Å²) in [4.78, 5) is 25.7. The minimum Gasteiger partial charge on any atom is -0.343 e. The van der Waals surface area contributed by atoms with Crippen molar-refractivity contribution in [3.63, 3.8) is 0 Å². The summed E-state index contributed by atoms with van der Waals surface area (Å²) in [6.45, 7) is 4.21. The quantitative estimate of drug-likeness (QED) is 0.761. The molecule has 0 aromatic heterocycles. The third-order valence-corrected chi connectivity index (χ3v) is 4.63. The second-order valence-corrected chi connectivity index (χ2v) is 6.04. The minimum absolute atomic E-state index is 0.0167. The average Bonchev–Trinajstić information content (AvgIpc) is 2.28. The maximum Gasteiger partial charge on any atom is 0.246 e. The van der Waals surface area contributed by atoms with Crippen molar-refractivity contribution in [2.45, 2.75) is 51.2 Å². The zero-order valence-electron chi connectivity index (χ0n) is 10.4. The van der Waals surface area contributed by atoms with Crippen LogP contribution in [0.4, 0.5) is 0 Å². The van der Waals surface area contributed by atoms with E-state index in [1.165, 1.54) is 6.42 Å². The van der Waals surface area contributed by atoms with Crippen LogP contribution in [-0.2, 0) is 9.59 Å². The molecule has 0 saturated carbocycles. The molecule has 96 valence electrons. The van der Waals surface area contributed by atoms with Crippen LogP contribution < -0.4 is 5.32 Å². The van der Waals surface area contributed by atoms with Crippen LogP contribution in [0, 0.1) is 0 Å². The molecule has 2 amide bonds. The van der Waals surface area contributed by atoms with Gasteiger partial charge in [-0.15, -0.1) is 11.8 Å². The molecule has 2 rings (SSSR count). The number of hydrogen-bond acceptors (Lipinski definition) is 3. The Morgan fingerprint density at radius 2 is 2.00 bits per heavy atom. The summed E-state index contributed by atoms with van der Waals surface area (Å²) in [7, 11) is 0. The Morgan fingerprint density at radius 1 is 1.35 bits per heavy atom. The Bertz CT molecular complexity index is 312. The van der Waals surface area contributed by atoms with Gasteiger partial charge in [-0.2, -0.15) is 0 Å². The highest BCUT2D eigenvalue weighted by Gasteiger charge is 2.35. The third kappa shape index (κ3) is 2.76. The monoisotopic (exact) mass is 256 g/mol. The summed E-state index contributed by atoms with van der Waals surface area (Å²) >= 11 is 1.55. The number of rotatable bonds is 1. The van der Waals surface area contributed by atoms with Crippen molar-refractivity contribution in [2.24, 2.45) is 0 Å². The van der Waals surface area contributed by atoms with E-state index in [-0.39, 0.29) is 17.9 Å². The molecular weight excluding hydrogens is 236 g/mol. The van der Waals surface area contributed by atoms with Gasteiger partial charge in [0.1, 0.15) is 6.04 Å². The topological polar surface area (TPSA) is 49.4 Å². The normalized spacial score (nSPS) is 34.4. The molecule has 2 saturated heterocycles. The molecule has 0 radical (unpaired) electrons. The fourth-order valence-electron chi connectivity index (χ4n) is 2.72. The number of piperidine rings is 1. The highest BCUT2D eigenvalue weighted by atomic mass is 32.2. The Labute approximate surface area is 106 Å². The third-order valence-electron chi connectivity index (χ3n) is 3.60. The first-order chi connectivity index (χ1) is 8.09. The van der Waals surface area contributed by atoms with Crippen LogP contribution in [0.5, 0.6) is 0 Å². The predicted molar refractivity (Wildman–Crippen MR) is 68.9 cm³/mol. The van der Waals surface area contributed by atoms with Gasteiger partial charge in [-0.25, -0.2) is 0 Å². The molecule has 2 aliphatic rings. The van der Waals surface area contributed by atoms with Gasteiger partial charge in [0, 0.05) is 17.8 Å². The van der Waals surface area contributed by atoms with Crippen molar-refractivity contribution in [3.8, 4) is 0 Å². The van der Waals surface area contributed by atoms with Crippen molar-refractivity contribution < 1.29 is 9.59 Å².